The Labute approximate surface area is 213 Å². The van der Waals surface area contributed by atoms with Gasteiger partial charge in [-0.3, -0.25) is 4.79 Å². The lowest BCUT2D eigenvalue weighted by molar-refractivity contribution is 0.0943. The summed E-state index contributed by atoms with van der Waals surface area (Å²) in [6, 6.07) is 9.83. The first kappa shape index (κ1) is 25.0. The molecule has 0 bridgehead atoms. The summed E-state index contributed by atoms with van der Waals surface area (Å²) in [6.45, 7) is 4.41. The van der Waals surface area contributed by atoms with Gasteiger partial charge in [0.15, 0.2) is 15.6 Å². The Morgan fingerprint density at radius 3 is 2.49 bits per heavy atom. The average molecular weight is 516 g/mol. The first-order chi connectivity index (χ1) is 16.9. The third-order valence-corrected chi connectivity index (χ3v) is 11.3. The van der Waals surface area contributed by atoms with Crippen molar-refractivity contribution in [2.75, 3.05) is 32.5 Å². The maximum Gasteiger partial charge on any atom is 0.184 e. The molecule has 1 saturated heterocycles. The van der Waals surface area contributed by atoms with Gasteiger partial charge in [0, 0.05) is 24.7 Å². The van der Waals surface area contributed by atoms with Crippen LogP contribution in [0.4, 0.5) is 0 Å². The monoisotopic (exact) mass is 515 g/mol. The van der Waals surface area contributed by atoms with Crippen LogP contribution in [0.3, 0.4) is 0 Å². The predicted octanol–water partition coefficient (Wildman–Crippen LogP) is 5.74. The fraction of sp³-hybridized carbons (Fsp3) is 0.607. The van der Waals surface area contributed by atoms with Crippen LogP contribution in [0.25, 0.3) is 0 Å². The van der Waals surface area contributed by atoms with Gasteiger partial charge in [0.1, 0.15) is 9.96 Å². The van der Waals surface area contributed by atoms with E-state index in [1.807, 2.05) is 0 Å². The van der Waals surface area contributed by atoms with Gasteiger partial charge < -0.3 is 9.64 Å². The minimum atomic E-state index is -3.23. The summed E-state index contributed by atoms with van der Waals surface area (Å²) < 4.78 is 29.4. The second-order valence-corrected chi connectivity index (χ2v) is 14.1. The summed E-state index contributed by atoms with van der Waals surface area (Å²) in [4.78, 5) is 15.9. The third kappa shape index (κ3) is 6.00. The van der Waals surface area contributed by atoms with Crippen LogP contribution in [0, 0.1) is 11.8 Å². The zero-order chi connectivity index (χ0) is 24.4. The van der Waals surface area contributed by atoms with Crippen molar-refractivity contribution >= 4 is 27.0 Å². The number of likely N-dealkylation sites (tertiary alicyclic amines) is 1. The zero-order valence-corrected chi connectivity index (χ0v) is 22.3. The topological polar surface area (TPSA) is 63.7 Å². The molecule has 35 heavy (non-hydrogen) atoms. The summed E-state index contributed by atoms with van der Waals surface area (Å²) in [7, 11) is -3.23. The largest absolute Gasteiger partial charge is 0.493 e. The van der Waals surface area contributed by atoms with Crippen molar-refractivity contribution in [1.82, 2.24) is 4.90 Å². The van der Waals surface area contributed by atoms with Gasteiger partial charge in [0.25, 0.3) is 0 Å². The number of ketones is 1. The Morgan fingerprint density at radius 2 is 1.77 bits per heavy atom. The summed E-state index contributed by atoms with van der Waals surface area (Å²) in [5.41, 5.74) is 2.98. The Kier molecular flexibility index (Phi) is 7.66. The van der Waals surface area contributed by atoms with Gasteiger partial charge in [-0.1, -0.05) is 25.0 Å². The number of hydrogen-bond acceptors (Lipinski definition) is 6. The number of thiophene rings is 1. The van der Waals surface area contributed by atoms with Crippen LogP contribution >= 0.6 is 11.3 Å². The molecule has 3 heterocycles. The molecule has 5 nitrogen and oxygen atoms in total. The molecule has 0 amide bonds. The highest BCUT2D eigenvalue weighted by molar-refractivity contribution is 7.92. The molecule has 0 unspecified atom stereocenters. The molecule has 7 heteroatoms. The van der Waals surface area contributed by atoms with E-state index in [4.69, 9.17) is 4.74 Å². The van der Waals surface area contributed by atoms with Gasteiger partial charge in [-0.05, 0) is 93.3 Å². The van der Waals surface area contributed by atoms with E-state index in [0.29, 0.717) is 23.1 Å². The molecule has 1 aromatic heterocycles. The number of hydrogen-bond donors (Lipinski definition) is 0. The van der Waals surface area contributed by atoms with Gasteiger partial charge in [0.2, 0.25) is 0 Å². The highest BCUT2D eigenvalue weighted by Gasteiger charge is 2.28. The first-order valence-corrected chi connectivity index (χ1v) is 15.9. The number of nitrogens with zero attached hydrogens (tertiary/aromatic N) is 1. The van der Waals surface area contributed by atoms with Gasteiger partial charge >= 0.3 is 0 Å². The molecule has 2 aromatic rings. The molecule has 190 valence electrons. The number of carbonyl (C=O) groups is 1. The maximum atomic E-state index is 12.7. The Bertz CT molecular complexity index is 1140. The molecule has 0 atom stereocenters. The van der Waals surface area contributed by atoms with E-state index in [9.17, 15) is 13.2 Å². The maximum absolute atomic E-state index is 12.7. The van der Waals surface area contributed by atoms with E-state index in [1.54, 1.807) is 12.1 Å². The molecule has 5 rings (SSSR count). The van der Waals surface area contributed by atoms with Crippen molar-refractivity contribution in [3.63, 3.8) is 0 Å². The molecule has 1 aliphatic carbocycles. The molecular weight excluding hydrogens is 478 g/mol. The molecule has 2 aliphatic heterocycles. The Balaban J connectivity index is 1.02. The normalized spacial score (nSPS) is 23.7. The number of benzene rings is 1. The van der Waals surface area contributed by atoms with E-state index in [-0.39, 0.29) is 9.99 Å². The second-order valence-electron chi connectivity index (χ2n) is 10.7. The predicted molar refractivity (Wildman–Crippen MR) is 140 cm³/mol. The summed E-state index contributed by atoms with van der Waals surface area (Å²) in [5, 5.41) is 0. The quantitative estimate of drug-likeness (QED) is 0.420. The van der Waals surface area contributed by atoms with Crippen LogP contribution < -0.4 is 4.74 Å². The smallest absolute Gasteiger partial charge is 0.184 e. The van der Waals surface area contributed by atoms with Crippen molar-refractivity contribution in [2.45, 2.75) is 67.9 Å². The molecule has 0 radical (unpaired) electrons. The van der Waals surface area contributed by atoms with Gasteiger partial charge in [-0.25, -0.2) is 8.42 Å². The van der Waals surface area contributed by atoms with Crippen molar-refractivity contribution in [1.29, 1.82) is 0 Å². The number of Topliss-reactive ketones (excluding diaryl/α,β-unsaturated/α-hetero) is 1. The second kappa shape index (κ2) is 10.7. The average Bonchev–Trinajstić information content (AvgIpc) is 3.54. The standard InChI is InChI=1S/C28H37NO4S2/c1-35(31,32)28-10-9-27(34-28)25(30)19-21-7-5-20(6-8-21)11-15-29-16-12-22(13-17-29)23-3-2-4-26-24(23)14-18-33-26/h2-4,9-10,20-22H,5-8,11-19H2,1H3. The van der Waals surface area contributed by atoms with Crippen LogP contribution in [-0.4, -0.2) is 51.6 Å². The molecule has 1 aromatic carbocycles. The molecular formula is C28H37NO4S2. The number of sulfone groups is 1. The van der Waals surface area contributed by atoms with E-state index < -0.39 is 9.84 Å². The fourth-order valence-electron chi connectivity index (χ4n) is 6.22. The number of fused-ring (bicyclic) bond motifs is 1. The van der Waals surface area contributed by atoms with Crippen LogP contribution in [0.2, 0.25) is 0 Å². The van der Waals surface area contributed by atoms with E-state index in [0.717, 1.165) is 48.9 Å². The minimum Gasteiger partial charge on any atom is -0.493 e. The molecule has 3 aliphatic rings. The van der Waals surface area contributed by atoms with Gasteiger partial charge in [0.05, 0.1) is 11.5 Å². The van der Waals surface area contributed by atoms with Crippen molar-refractivity contribution in [2.24, 2.45) is 11.8 Å². The van der Waals surface area contributed by atoms with Gasteiger partial charge in [-0.2, -0.15) is 0 Å². The number of rotatable bonds is 8. The molecule has 0 N–H and O–H groups in total. The van der Waals surface area contributed by atoms with E-state index >= 15 is 0 Å². The number of carbonyl (C=O) groups excluding carboxylic acids is 1. The Hall–Kier alpha value is -1.70. The van der Waals surface area contributed by atoms with Crippen LogP contribution in [0.15, 0.2) is 34.5 Å². The number of piperidine rings is 1. The van der Waals surface area contributed by atoms with Crippen molar-refractivity contribution < 1.29 is 17.9 Å². The first-order valence-electron chi connectivity index (χ1n) is 13.2. The summed E-state index contributed by atoms with van der Waals surface area (Å²) >= 11 is 1.12. The number of ether oxygens (including phenoxy) is 1. The van der Waals surface area contributed by atoms with Crippen molar-refractivity contribution in [3.8, 4) is 5.75 Å². The lowest BCUT2D eigenvalue weighted by atomic mass is 9.78. The summed E-state index contributed by atoms with van der Waals surface area (Å²) in [6.07, 6.45) is 11.2. The Morgan fingerprint density at radius 1 is 1.03 bits per heavy atom. The van der Waals surface area contributed by atoms with E-state index in [1.165, 1.54) is 69.1 Å². The van der Waals surface area contributed by atoms with Gasteiger partial charge in [-0.15, -0.1) is 11.3 Å². The van der Waals surface area contributed by atoms with E-state index in [2.05, 4.69) is 23.1 Å². The molecule has 1 saturated carbocycles. The molecule has 0 spiro atoms. The highest BCUT2D eigenvalue weighted by atomic mass is 32.2. The van der Waals surface area contributed by atoms with Crippen LogP contribution in [0.1, 0.15) is 78.1 Å². The third-order valence-electron chi connectivity index (χ3n) is 8.32. The fourth-order valence-corrected chi connectivity index (χ4v) is 8.10. The lowest BCUT2D eigenvalue weighted by Gasteiger charge is -2.35. The molecule has 2 fully saturated rings. The lowest BCUT2D eigenvalue weighted by Crippen LogP contribution is -2.35. The van der Waals surface area contributed by atoms with Crippen LogP contribution in [-0.2, 0) is 16.3 Å². The summed E-state index contributed by atoms with van der Waals surface area (Å²) in [5.74, 6) is 3.10. The SMILES string of the molecule is CS(=O)(=O)c1ccc(C(=O)CC2CCC(CCN3CCC(c4cccc5c4CCO5)CC3)CC2)s1. The minimum absolute atomic E-state index is 0.104. The van der Waals surface area contributed by atoms with Crippen LogP contribution in [0.5, 0.6) is 5.75 Å². The zero-order valence-electron chi connectivity index (χ0n) is 20.7. The highest BCUT2D eigenvalue weighted by Crippen LogP contribution is 2.38. The van der Waals surface area contributed by atoms with Crippen molar-refractivity contribution in [3.05, 3.63) is 46.3 Å².